The molecule has 0 unspecified atom stereocenters. The number of nitrogens with two attached hydrogens (primary N) is 1. The smallest absolute Gasteiger partial charge is 0.253 e. The number of carbonyl (C=O) groups is 3. The maximum atomic E-state index is 12.8. The number of hydrogen-bond acceptors (Lipinski definition) is 8. The lowest BCUT2D eigenvalue weighted by atomic mass is 9.87. The summed E-state index contributed by atoms with van der Waals surface area (Å²) in [6, 6.07) is 41.1. The van der Waals surface area contributed by atoms with Crippen LogP contribution in [0.25, 0.3) is 11.1 Å². The summed E-state index contributed by atoms with van der Waals surface area (Å²) in [6.45, 7) is 18.6. The zero-order valence-electron chi connectivity index (χ0n) is 41.0. The number of nitrogens with zero attached hydrogens (tertiary/aromatic N) is 4. The molecule has 11 heteroatoms. The molecular weight excluding hydrogens is 893 g/mol. The third-order valence-electron chi connectivity index (χ3n) is 13.1. The van der Waals surface area contributed by atoms with Crippen LogP contribution in [0.4, 0.5) is 11.4 Å². The van der Waals surface area contributed by atoms with E-state index in [0.717, 1.165) is 117 Å². The van der Waals surface area contributed by atoms with Gasteiger partial charge in [0.2, 0.25) is 5.91 Å². The Hall–Kier alpha value is -6.11. The molecule has 0 spiro atoms. The minimum absolute atomic E-state index is 0.0651. The van der Waals surface area contributed by atoms with Crippen molar-refractivity contribution < 1.29 is 14.4 Å². The van der Waals surface area contributed by atoms with Crippen molar-refractivity contribution in [1.82, 2.24) is 19.6 Å². The number of piperidine rings is 2. The molecule has 4 aromatic carbocycles. The Morgan fingerprint density at radius 1 is 0.522 bits per heavy atom. The molecule has 2 aliphatic heterocycles. The molecule has 0 bridgehead atoms. The summed E-state index contributed by atoms with van der Waals surface area (Å²) < 4.78 is 0. The predicted molar refractivity (Wildman–Crippen MR) is 289 cm³/mol. The van der Waals surface area contributed by atoms with Gasteiger partial charge in [-0.25, -0.2) is 0 Å². The summed E-state index contributed by atoms with van der Waals surface area (Å²) in [6.07, 6.45) is 4.06. The van der Waals surface area contributed by atoms with Gasteiger partial charge in [-0.1, -0.05) is 71.8 Å². The minimum atomic E-state index is -0.0810. The first-order valence-electron chi connectivity index (χ1n) is 24.5. The molecule has 3 N–H and O–H groups in total. The van der Waals surface area contributed by atoms with E-state index in [-0.39, 0.29) is 17.7 Å². The van der Waals surface area contributed by atoms with Crippen LogP contribution in [0.5, 0.6) is 0 Å². The molecule has 8 rings (SSSR count). The number of likely N-dealkylation sites (tertiary alicyclic amines) is 2. The number of carbonyl (C=O) groups excluding carboxylic acids is 3. The summed E-state index contributed by atoms with van der Waals surface area (Å²) in [4.78, 5) is 48.9. The van der Waals surface area contributed by atoms with Gasteiger partial charge in [-0.15, -0.1) is 22.7 Å². The first kappa shape index (κ1) is 50.8. The van der Waals surface area contributed by atoms with Crippen LogP contribution < -0.4 is 11.1 Å². The zero-order valence-corrected chi connectivity index (χ0v) is 42.6. The second kappa shape index (κ2) is 25.0. The van der Waals surface area contributed by atoms with Crippen LogP contribution in [-0.2, 0) is 17.9 Å². The van der Waals surface area contributed by atoms with E-state index >= 15 is 0 Å². The Labute approximate surface area is 418 Å². The highest BCUT2D eigenvalue weighted by molar-refractivity contribution is 7.10. The Balaban J connectivity index is 0.000000205. The second-order valence-electron chi connectivity index (χ2n) is 17.7. The lowest BCUT2D eigenvalue weighted by Crippen LogP contribution is -2.30. The maximum absolute atomic E-state index is 12.8. The fraction of sp³-hybridized carbons (Fsp3) is 0.328. The quantitative estimate of drug-likeness (QED) is 0.0994. The fourth-order valence-electron chi connectivity index (χ4n) is 9.45. The third kappa shape index (κ3) is 13.6. The van der Waals surface area contributed by atoms with E-state index in [1.165, 1.54) is 39.0 Å². The molecule has 2 saturated heterocycles. The number of thiophene rings is 2. The molecule has 0 saturated carbocycles. The van der Waals surface area contributed by atoms with E-state index in [4.69, 9.17) is 5.73 Å². The minimum Gasteiger partial charge on any atom is -0.399 e. The van der Waals surface area contributed by atoms with Crippen molar-refractivity contribution in [2.24, 2.45) is 0 Å². The predicted octanol–water partition coefficient (Wildman–Crippen LogP) is 12.2. The maximum Gasteiger partial charge on any atom is 0.253 e. The van der Waals surface area contributed by atoms with Crippen molar-refractivity contribution in [2.75, 3.05) is 63.4 Å². The van der Waals surface area contributed by atoms with Crippen molar-refractivity contribution in [3.05, 3.63) is 186 Å². The summed E-state index contributed by atoms with van der Waals surface area (Å²) in [7, 11) is 0. The van der Waals surface area contributed by atoms with Gasteiger partial charge in [0.25, 0.3) is 11.8 Å². The summed E-state index contributed by atoms with van der Waals surface area (Å²) >= 11 is 3.64. The van der Waals surface area contributed by atoms with Crippen LogP contribution in [-0.4, -0.2) is 89.7 Å². The largest absolute Gasteiger partial charge is 0.399 e. The highest BCUT2D eigenvalue weighted by Crippen LogP contribution is 2.36. The van der Waals surface area contributed by atoms with Gasteiger partial charge >= 0.3 is 0 Å². The van der Waals surface area contributed by atoms with Gasteiger partial charge in [0.1, 0.15) is 0 Å². The van der Waals surface area contributed by atoms with Crippen molar-refractivity contribution >= 4 is 62.9 Å². The van der Waals surface area contributed by atoms with Gasteiger partial charge in [-0.3, -0.25) is 24.2 Å². The average Bonchev–Trinajstić information content (AvgIpc) is 4.09. The number of hydrogen-bond donors (Lipinski definition) is 2. The molecule has 6 aromatic rings. The lowest BCUT2D eigenvalue weighted by Gasteiger charge is -2.30. The van der Waals surface area contributed by atoms with Crippen LogP contribution in [0, 0.1) is 0 Å². The van der Waals surface area contributed by atoms with Crippen LogP contribution in [0.3, 0.4) is 0 Å². The summed E-state index contributed by atoms with van der Waals surface area (Å²) in [5.41, 5.74) is 19.0. The van der Waals surface area contributed by atoms with E-state index in [9.17, 15) is 14.4 Å². The number of nitrogens with one attached hydrogen (secondary N) is 1. The molecule has 0 radical (unpaired) electrons. The van der Waals surface area contributed by atoms with E-state index < -0.39 is 0 Å². The van der Waals surface area contributed by atoms with Gasteiger partial charge in [0.05, 0.1) is 0 Å². The molecule has 2 aromatic heterocycles. The SMILES string of the molecule is CCN(CC)C(=O)c1ccc(C(=C2CCN(Cc3cccs3)CC2)c2cccc(N)c2)cc1.CCN(CC)C(=O)c1ccc(C(=C2CCN(Cc3cccs3)CC2)c2cccc(NC(C)=O)c2)cc1. The molecule has 0 atom stereocenters. The summed E-state index contributed by atoms with van der Waals surface area (Å²) in [5.74, 6) is 0.0735. The highest BCUT2D eigenvalue weighted by atomic mass is 32.1. The molecule has 2 aliphatic rings. The molecule has 9 nitrogen and oxygen atoms in total. The lowest BCUT2D eigenvalue weighted by molar-refractivity contribution is -0.114. The standard InChI is InChI=1S/C30H35N3O2S.C28H33N3OS/c1-4-33(5-2)30(35)25-13-11-23(12-14-25)29(26-8-6-9-27(20-26)31-22(3)34)24-15-17-32(18-16-24)21-28-10-7-19-36-28;1-3-31(4-2)28(32)23-12-10-21(11-13-23)27(24-7-5-8-25(29)19-24)22-14-16-30(17-15-22)20-26-9-6-18-33-26/h6-14,19-20H,4-5,15-18,21H2,1-3H3,(H,31,34);5-13,18-19H,3-4,14-17,20,29H2,1-2H3. The highest BCUT2D eigenvalue weighted by Gasteiger charge is 2.23. The average molecular weight is 961 g/mol. The van der Waals surface area contributed by atoms with Crippen molar-refractivity contribution in [2.45, 2.75) is 73.4 Å². The first-order chi connectivity index (χ1) is 33.6. The van der Waals surface area contributed by atoms with Gasteiger partial charge in [-0.05, 0) is 158 Å². The van der Waals surface area contributed by atoms with Crippen molar-refractivity contribution in [3.8, 4) is 0 Å². The van der Waals surface area contributed by atoms with Gasteiger partial charge in [0.15, 0.2) is 0 Å². The molecular formula is C58H68N6O3S2. The molecule has 0 aliphatic carbocycles. The van der Waals surface area contributed by atoms with Gasteiger partial charge in [0, 0.05) is 105 Å². The van der Waals surface area contributed by atoms with Crippen molar-refractivity contribution in [1.29, 1.82) is 0 Å². The molecule has 3 amide bonds. The zero-order chi connectivity index (χ0) is 48.7. The fourth-order valence-corrected chi connectivity index (χ4v) is 10.9. The Kier molecular flexibility index (Phi) is 18.4. The van der Waals surface area contributed by atoms with Crippen LogP contribution in [0.1, 0.15) is 113 Å². The number of nitrogen functional groups attached to an aromatic ring is 1. The van der Waals surface area contributed by atoms with Crippen LogP contribution >= 0.6 is 22.7 Å². The molecule has 360 valence electrons. The Morgan fingerprint density at radius 3 is 1.30 bits per heavy atom. The molecule has 69 heavy (non-hydrogen) atoms. The molecule has 2 fully saturated rings. The topological polar surface area (TPSA) is 102 Å². The van der Waals surface area contributed by atoms with E-state index in [1.54, 1.807) is 0 Å². The van der Waals surface area contributed by atoms with E-state index in [0.29, 0.717) is 18.7 Å². The number of anilines is 2. The Bertz CT molecular complexity index is 2660. The third-order valence-corrected chi connectivity index (χ3v) is 14.9. The normalized spacial score (nSPS) is 14.1. The molecule has 4 heterocycles. The second-order valence-corrected chi connectivity index (χ2v) is 19.7. The Morgan fingerprint density at radius 2 is 0.928 bits per heavy atom. The van der Waals surface area contributed by atoms with Crippen molar-refractivity contribution in [3.63, 3.8) is 0 Å². The van der Waals surface area contributed by atoms with E-state index in [1.807, 2.05) is 109 Å². The number of amides is 3. The van der Waals surface area contributed by atoms with Gasteiger partial charge in [-0.2, -0.15) is 0 Å². The van der Waals surface area contributed by atoms with E-state index in [2.05, 4.69) is 98.7 Å². The monoisotopic (exact) mass is 960 g/mol. The number of rotatable bonds is 15. The summed E-state index contributed by atoms with van der Waals surface area (Å²) in [5, 5.41) is 7.21. The first-order valence-corrected chi connectivity index (χ1v) is 26.3. The van der Waals surface area contributed by atoms with Gasteiger partial charge < -0.3 is 20.9 Å². The van der Waals surface area contributed by atoms with Crippen LogP contribution in [0.2, 0.25) is 0 Å². The number of benzene rings is 4. The van der Waals surface area contributed by atoms with Crippen LogP contribution in [0.15, 0.2) is 143 Å².